The van der Waals surface area contributed by atoms with Gasteiger partial charge in [0.15, 0.2) is 5.82 Å². The maximum absolute atomic E-state index is 12.7. The number of aryl methyl sites for hydroxylation is 1. The number of aromatic nitrogens is 4. The fourth-order valence-electron chi connectivity index (χ4n) is 3.97. The van der Waals surface area contributed by atoms with Crippen LogP contribution < -0.4 is 9.80 Å². The van der Waals surface area contributed by atoms with Crippen LogP contribution in [0.5, 0.6) is 0 Å². The minimum atomic E-state index is -0.159. The summed E-state index contributed by atoms with van der Waals surface area (Å²) in [6, 6.07) is 14.5. The van der Waals surface area contributed by atoms with Crippen molar-refractivity contribution in [3.8, 4) is 17.1 Å². The van der Waals surface area contributed by atoms with Gasteiger partial charge in [-0.3, -0.25) is 4.79 Å². The number of amides is 1. The van der Waals surface area contributed by atoms with Crippen LogP contribution in [0.3, 0.4) is 0 Å². The third-order valence-electron chi connectivity index (χ3n) is 5.67. The van der Waals surface area contributed by atoms with Crippen molar-refractivity contribution in [3.05, 3.63) is 48.0 Å². The zero-order valence-electron chi connectivity index (χ0n) is 16.2. The normalized spacial score (nSPS) is 19.1. The summed E-state index contributed by atoms with van der Waals surface area (Å²) in [4.78, 5) is 16.7. The Hall–Kier alpha value is -3.22. The van der Waals surface area contributed by atoms with Crippen LogP contribution >= 0.6 is 0 Å². The lowest BCUT2D eigenvalue weighted by Crippen LogP contribution is -2.51. The lowest BCUT2D eigenvalue weighted by molar-refractivity contribution is -0.119. The Morgan fingerprint density at radius 1 is 1.04 bits per heavy atom. The molecule has 5 rings (SSSR count). The number of carbonyl (C=O) groups excluding carboxylic acids is 1. The number of hydrogen-bond acceptors (Lipinski definition) is 5. The van der Waals surface area contributed by atoms with Crippen LogP contribution in [0.2, 0.25) is 0 Å². The molecule has 1 atom stereocenters. The predicted molar refractivity (Wildman–Crippen MR) is 108 cm³/mol. The van der Waals surface area contributed by atoms with Crippen LogP contribution in [-0.2, 0) is 4.79 Å². The molecule has 2 aromatic carbocycles. The van der Waals surface area contributed by atoms with E-state index in [1.165, 1.54) is 5.56 Å². The molecule has 0 radical (unpaired) electrons. The highest BCUT2D eigenvalue weighted by molar-refractivity contribution is 6.05. The van der Waals surface area contributed by atoms with Gasteiger partial charge in [0.1, 0.15) is 6.04 Å². The fraction of sp³-hybridized carbons (Fsp3) is 0.333. The summed E-state index contributed by atoms with van der Waals surface area (Å²) in [5, 5.41) is 12.4. The molecule has 1 aliphatic heterocycles. The quantitative estimate of drug-likeness (QED) is 0.705. The standard InChI is InChI=1S/C21H22N6O/c1-13-4-7-17(8-5-13)27-20(22-23-24-27)15-6-11-18-19(12-15)26(16-9-10-16)14(2)21(28)25(18)3/h4-8,11-12,14,16H,9-10H2,1-3H3. The number of hydrogen-bond donors (Lipinski definition) is 0. The van der Waals surface area contributed by atoms with Crippen LogP contribution in [0.1, 0.15) is 25.3 Å². The lowest BCUT2D eigenvalue weighted by Gasteiger charge is -2.40. The summed E-state index contributed by atoms with van der Waals surface area (Å²) in [7, 11) is 1.85. The van der Waals surface area contributed by atoms with E-state index in [-0.39, 0.29) is 11.9 Å². The monoisotopic (exact) mass is 374 g/mol. The topological polar surface area (TPSA) is 67.2 Å². The smallest absolute Gasteiger partial charge is 0.249 e. The highest BCUT2D eigenvalue weighted by atomic mass is 16.2. The molecule has 1 saturated carbocycles. The molecule has 1 unspecified atom stereocenters. The number of likely N-dealkylation sites (N-methyl/N-ethyl adjacent to an activating group) is 1. The molecule has 3 aromatic rings. The van der Waals surface area contributed by atoms with Crippen molar-refractivity contribution in [1.82, 2.24) is 20.2 Å². The van der Waals surface area contributed by atoms with Gasteiger partial charge in [0.05, 0.1) is 17.1 Å². The van der Waals surface area contributed by atoms with Gasteiger partial charge in [-0.1, -0.05) is 17.7 Å². The minimum Gasteiger partial charge on any atom is -0.355 e. The molecule has 0 bridgehead atoms. The number of benzene rings is 2. The maximum atomic E-state index is 12.7. The second kappa shape index (κ2) is 6.15. The summed E-state index contributed by atoms with van der Waals surface area (Å²) in [6.45, 7) is 4.04. The molecule has 0 N–H and O–H groups in total. The molecule has 2 heterocycles. The van der Waals surface area contributed by atoms with E-state index in [1.54, 1.807) is 9.58 Å². The van der Waals surface area contributed by atoms with E-state index >= 15 is 0 Å². The van der Waals surface area contributed by atoms with E-state index in [1.807, 2.05) is 50.4 Å². The van der Waals surface area contributed by atoms with Crippen LogP contribution in [0.25, 0.3) is 17.1 Å². The molecule has 2 aliphatic rings. The average Bonchev–Trinajstić information content (AvgIpc) is 3.41. The van der Waals surface area contributed by atoms with Crippen LogP contribution in [0.15, 0.2) is 42.5 Å². The number of anilines is 2. The zero-order valence-corrected chi connectivity index (χ0v) is 16.2. The summed E-state index contributed by atoms with van der Waals surface area (Å²) >= 11 is 0. The Balaban J connectivity index is 1.62. The molecule has 142 valence electrons. The van der Waals surface area contributed by atoms with Gasteiger partial charge in [-0.05, 0) is 67.4 Å². The van der Waals surface area contributed by atoms with E-state index in [9.17, 15) is 4.79 Å². The van der Waals surface area contributed by atoms with Gasteiger partial charge in [0.25, 0.3) is 0 Å². The fourth-order valence-corrected chi connectivity index (χ4v) is 3.97. The van der Waals surface area contributed by atoms with Crippen LogP contribution in [0, 0.1) is 6.92 Å². The number of tetrazole rings is 1. The first-order valence-electron chi connectivity index (χ1n) is 9.60. The number of nitrogens with zero attached hydrogens (tertiary/aromatic N) is 6. The van der Waals surface area contributed by atoms with E-state index < -0.39 is 0 Å². The predicted octanol–water partition coefficient (Wildman–Crippen LogP) is 2.97. The summed E-state index contributed by atoms with van der Waals surface area (Å²) in [6.07, 6.45) is 2.26. The maximum Gasteiger partial charge on any atom is 0.249 e. The van der Waals surface area contributed by atoms with Gasteiger partial charge >= 0.3 is 0 Å². The second-order valence-electron chi connectivity index (χ2n) is 7.67. The number of rotatable bonds is 3. The van der Waals surface area contributed by atoms with Crippen molar-refractivity contribution in [3.63, 3.8) is 0 Å². The highest BCUT2D eigenvalue weighted by Gasteiger charge is 2.41. The summed E-state index contributed by atoms with van der Waals surface area (Å²) in [5.41, 5.74) is 5.06. The Bertz CT molecular complexity index is 1050. The summed E-state index contributed by atoms with van der Waals surface area (Å²) < 4.78 is 1.75. The van der Waals surface area contributed by atoms with Gasteiger partial charge in [-0.15, -0.1) is 5.10 Å². The highest BCUT2D eigenvalue weighted by Crippen LogP contribution is 2.43. The Kier molecular flexibility index (Phi) is 3.72. The van der Waals surface area contributed by atoms with Crippen molar-refractivity contribution in [2.75, 3.05) is 16.8 Å². The van der Waals surface area contributed by atoms with E-state index in [0.717, 1.165) is 35.5 Å². The first kappa shape index (κ1) is 16.9. The molecular weight excluding hydrogens is 352 g/mol. The van der Waals surface area contributed by atoms with Gasteiger partial charge in [0.2, 0.25) is 5.91 Å². The molecule has 7 heteroatoms. The number of fused-ring (bicyclic) bond motifs is 1. The SMILES string of the molecule is Cc1ccc(-n2nnnc2-c2ccc3c(c2)N(C2CC2)C(C)C(=O)N3C)cc1. The van der Waals surface area contributed by atoms with E-state index in [0.29, 0.717) is 11.9 Å². The Morgan fingerprint density at radius 2 is 1.79 bits per heavy atom. The Labute approximate surface area is 163 Å². The average molecular weight is 374 g/mol. The molecule has 1 aromatic heterocycles. The molecule has 0 saturated heterocycles. The third-order valence-corrected chi connectivity index (χ3v) is 5.67. The van der Waals surface area contributed by atoms with Gasteiger partial charge in [-0.25, -0.2) is 0 Å². The molecule has 1 fully saturated rings. The van der Waals surface area contributed by atoms with Crippen molar-refractivity contribution >= 4 is 17.3 Å². The van der Waals surface area contributed by atoms with Crippen LogP contribution in [0.4, 0.5) is 11.4 Å². The first-order chi connectivity index (χ1) is 13.5. The second-order valence-corrected chi connectivity index (χ2v) is 7.67. The summed E-state index contributed by atoms with van der Waals surface area (Å²) in [5.74, 6) is 0.825. The molecule has 1 aliphatic carbocycles. The van der Waals surface area contributed by atoms with Crippen LogP contribution in [-0.4, -0.2) is 45.2 Å². The molecule has 1 amide bonds. The first-order valence-corrected chi connectivity index (χ1v) is 9.60. The van der Waals surface area contributed by atoms with Gasteiger partial charge < -0.3 is 9.80 Å². The van der Waals surface area contributed by atoms with Crippen molar-refractivity contribution in [2.24, 2.45) is 0 Å². The van der Waals surface area contributed by atoms with E-state index in [4.69, 9.17) is 0 Å². The lowest BCUT2D eigenvalue weighted by atomic mass is 10.0. The van der Waals surface area contributed by atoms with E-state index in [2.05, 4.69) is 33.4 Å². The van der Waals surface area contributed by atoms with Gasteiger partial charge in [0, 0.05) is 18.7 Å². The van der Waals surface area contributed by atoms with Crippen molar-refractivity contribution < 1.29 is 4.79 Å². The van der Waals surface area contributed by atoms with Crippen molar-refractivity contribution in [1.29, 1.82) is 0 Å². The molecular formula is C21H22N6O. The van der Waals surface area contributed by atoms with Crippen molar-refractivity contribution in [2.45, 2.75) is 38.8 Å². The third kappa shape index (κ3) is 2.58. The Morgan fingerprint density at radius 3 is 2.50 bits per heavy atom. The molecule has 0 spiro atoms. The number of carbonyl (C=O) groups is 1. The largest absolute Gasteiger partial charge is 0.355 e. The zero-order chi connectivity index (χ0) is 19.4. The molecule has 28 heavy (non-hydrogen) atoms. The van der Waals surface area contributed by atoms with Gasteiger partial charge in [-0.2, -0.15) is 4.68 Å². The minimum absolute atomic E-state index is 0.136. The molecule has 7 nitrogen and oxygen atoms in total.